The van der Waals surface area contributed by atoms with E-state index >= 15 is 0 Å². The Labute approximate surface area is 111 Å². The molecule has 0 aliphatic heterocycles. The van der Waals surface area contributed by atoms with Crippen molar-refractivity contribution >= 4 is 11.5 Å². The van der Waals surface area contributed by atoms with Gasteiger partial charge in [0, 0.05) is 25.0 Å². The summed E-state index contributed by atoms with van der Waals surface area (Å²) in [4.78, 5) is 1.25. The second-order valence-electron chi connectivity index (χ2n) is 4.32. The first-order chi connectivity index (χ1) is 8.72. The fraction of sp³-hybridized carbons (Fsp3) is 0.583. The summed E-state index contributed by atoms with van der Waals surface area (Å²) in [5.74, 6) is 0. The zero-order chi connectivity index (χ0) is 13.0. The Morgan fingerprint density at radius 2 is 2.33 bits per heavy atom. The van der Waals surface area contributed by atoms with Crippen molar-refractivity contribution in [3.05, 3.63) is 28.5 Å². The third-order valence-corrected chi connectivity index (χ3v) is 4.01. The van der Waals surface area contributed by atoms with Crippen LogP contribution in [0.5, 0.6) is 0 Å². The molecule has 0 bridgehead atoms. The first-order valence-electron chi connectivity index (χ1n) is 6.21. The first kappa shape index (κ1) is 13.2. The van der Waals surface area contributed by atoms with Gasteiger partial charge in [0.15, 0.2) is 0 Å². The van der Waals surface area contributed by atoms with Crippen LogP contribution in [0, 0.1) is 6.92 Å². The van der Waals surface area contributed by atoms with E-state index in [9.17, 15) is 0 Å². The van der Waals surface area contributed by atoms with Gasteiger partial charge in [-0.1, -0.05) is 11.4 Å². The Balaban J connectivity index is 2.03. The highest BCUT2D eigenvalue weighted by Gasteiger charge is 2.16. The number of hydrogen-bond acceptors (Lipinski definition) is 5. The third-order valence-electron chi connectivity index (χ3n) is 3.07. The van der Waals surface area contributed by atoms with E-state index in [1.54, 1.807) is 0 Å². The number of hydrogen-bond donors (Lipinski definition) is 1. The van der Waals surface area contributed by atoms with Crippen molar-refractivity contribution in [3.63, 3.8) is 0 Å². The highest BCUT2D eigenvalue weighted by Crippen LogP contribution is 2.24. The van der Waals surface area contributed by atoms with Crippen LogP contribution >= 0.6 is 11.5 Å². The predicted octanol–water partition coefficient (Wildman–Crippen LogP) is 1.86. The molecule has 2 rings (SSSR count). The van der Waals surface area contributed by atoms with Crippen molar-refractivity contribution in [3.8, 4) is 0 Å². The highest BCUT2D eigenvalue weighted by atomic mass is 32.1. The van der Waals surface area contributed by atoms with E-state index in [1.165, 1.54) is 22.1 Å². The van der Waals surface area contributed by atoms with E-state index in [0.29, 0.717) is 6.04 Å². The molecule has 6 heteroatoms. The predicted molar refractivity (Wildman–Crippen MR) is 72.6 cm³/mol. The van der Waals surface area contributed by atoms with Crippen LogP contribution < -0.4 is 5.32 Å². The highest BCUT2D eigenvalue weighted by molar-refractivity contribution is 7.05. The number of nitrogens with one attached hydrogen (secondary N) is 1. The molecule has 0 fully saturated rings. The lowest BCUT2D eigenvalue weighted by molar-refractivity contribution is 0.510. The van der Waals surface area contributed by atoms with Gasteiger partial charge in [-0.15, -0.1) is 5.10 Å². The van der Waals surface area contributed by atoms with Crippen LogP contribution in [-0.4, -0.2) is 25.9 Å². The average molecular weight is 265 g/mol. The van der Waals surface area contributed by atoms with Gasteiger partial charge in [-0.25, -0.2) is 0 Å². The summed E-state index contributed by atoms with van der Waals surface area (Å²) in [5.41, 5.74) is 2.30. The summed E-state index contributed by atoms with van der Waals surface area (Å²) in [7, 11) is 1.98. The lowest BCUT2D eigenvalue weighted by atomic mass is 10.1. The van der Waals surface area contributed by atoms with Crippen LogP contribution in [0.25, 0.3) is 0 Å². The van der Waals surface area contributed by atoms with E-state index in [4.69, 9.17) is 0 Å². The van der Waals surface area contributed by atoms with Crippen molar-refractivity contribution in [1.82, 2.24) is 24.7 Å². The molecule has 2 aromatic rings. The first-order valence-corrected chi connectivity index (χ1v) is 6.98. The number of rotatable bonds is 6. The Hall–Kier alpha value is -1.27. The van der Waals surface area contributed by atoms with Gasteiger partial charge >= 0.3 is 0 Å². The van der Waals surface area contributed by atoms with Gasteiger partial charge in [0.05, 0.1) is 10.6 Å². The molecule has 2 heterocycles. The van der Waals surface area contributed by atoms with Gasteiger partial charge in [0.2, 0.25) is 0 Å². The third kappa shape index (κ3) is 2.94. The molecule has 0 radical (unpaired) electrons. The number of nitrogens with zero attached hydrogens (tertiary/aromatic N) is 4. The summed E-state index contributed by atoms with van der Waals surface area (Å²) in [5, 5.41) is 11.8. The molecule has 0 aromatic carbocycles. The minimum Gasteiger partial charge on any atom is -0.309 e. The molecule has 5 nitrogen and oxygen atoms in total. The summed E-state index contributed by atoms with van der Waals surface area (Å²) < 4.78 is 5.95. The molecule has 1 unspecified atom stereocenters. The lowest BCUT2D eigenvalue weighted by Crippen LogP contribution is -2.21. The van der Waals surface area contributed by atoms with Crippen LogP contribution in [0.3, 0.4) is 0 Å². The minimum absolute atomic E-state index is 0.338. The van der Waals surface area contributed by atoms with Crippen molar-refractivity contribution in [2.45, 2.75) is 32.7 Å². The van der Waals surface area contributed by atoms with Crippen LogP contribution in [0.4, 0.5) is 0 Å². The zero-order valence-electron chi connectivity index (χ0n) is 11.1. The molecule has 0 spiro atoms. The van der Waals surface area contributed by atoms with Gasteiger partial charge < -0.3 is 5.32 Å². The van der Waals surface area contributed by atoms with Crippen molar-refractivity contribution in [2.75, 3.05) is 6.54 Å². The van der Waals surface area contributed by atoms with Crippen molar-refractivity contribution in [1.29, 1.82) is 0 Å². The largest absolute Gasteiger partial charge is 0.309 e. The maximum atomic E-state index is 4.20. The van der Waals surface area contributed by atoms with Gasteiger partial charge in [-0.05, 0) is 43.9 Å². The van der Waals surface area contributed by atoms with Gasteiger partial charge in [-0.3, -0.25) is 4.68 Å². The zero-order valence-corrected chi connectivity index (χ0v) is 11.9. The van der Waals surface area contributed by atoms with Gasteiger partial charge in [-0.2, -0.15) is 5.10 Å². The van der Waals surface area contributed by atoms with E-state index in [1.807, 2.05) is 24.9 Å². The molecule has 2 aromatic heterocycles. The molecule has 98 valence electrons. The normalized spacial score (nSPS) is 12.8. The molecule has 1 atom stereocenters. The monoisotopic (exact) mass is 265 g/mol. The summed E-state index contributed by atoms with van der Waals surface area (Å²) >= 11 is 1.49. The molecule has 0 aliphatic carbocycles. The molecule has 1 N–H and O–H groups in total. The Morgan fingerprint density at radius 1 is 1.50 bits per heavy atom. The number of aromatic nitrogens is 4. The molecule has 0 amide bonds. The average Bonchev–Trinajstić information content (AvgIpc) is 2.94. The second kappa shape index (κ2) is 6.06. The molecule has 0 aliphatic rings. The number of aryl methyl sites for hydroxylation is 3. The molecule has 0 saturated carbocycles. The van der Waals surface area contributed by atoms with E-state index in [2.05, 4.69) is 33.0 Å². The molecule has 0 saturated heterocycles. The standard InChI is InChI=1S/C12H19N5S/c1-4-13-11(12-9(2)15-16-18-12)6-5-10-7-8-14-17(10)3/h7-8,11,13H,4-6H2,1-3H3. The van der Waals surface area contributed by atoms with Crippen LogP contribution in [-0.2, 0) is 13.5 Å². The SMILES string of the molecule is CCNC(CCc1ccnn1C)c1snnc1C. The summed E-state index contributed by atoms with van der Waals surface area (Å²) in [6.07, 6.45) is 3.89. The van der Waals surface area contributed by atoms with Crippen molar-refractivity contribution < 1.29 is 0 Å². The fourth-order valence-electron chi connectivity index (χ4n) is 2.07. The molecule has 18 heavy (non-hydrogen) atoms. The van der Waals surface area contributed by atoms with Crippen LogP contribution in [0.1, 0.15) is 35.7 Å². The maximum absolute atomic E-state index is 4.20. The Kier molecular flexibility index (Phi) is 4.43. The minimum atomic E-state index is 0.338. The summed E-state index contributed by atoms with van der Waals surface area (Å²) in [6, 6.07) is 2.41. The quantitative estimate of drug-likeness (QED) is 0.866. The Morgan fingerprint density at radius 3 is 2.89 bits per heavy atom. The van der Waals surface area contributed by atoms with E-state index < -0.39 is 0 Å². The van der Waals surface area contributed by atoms with E-state index in [0.717, 1.165) is 25.1 Å². The topological polar surface area (TPSA) is 55.6 Å². The summed E-state index contributed by atoms with van der Waals surface area (Å²) in [6.45, 7) is 5.10. The smallest absolute Gasteiger partial charge is 0.0772 e. The Bertz CT molecular complexity index is 490. The maximum Gasteiger partial charge on any atom is 0.0772 e. The molecular formula is C12H19N5S. The van der Waals surface area contributed by atoms with Gasteiger partial charge in [0.25, 0.3) is 0 Å². The van der Waals surface area contributed by atoms with Crippen LogP contribution in [0.2, 0.25) is 0 Å². The van der Waals surface area contributed by atoms with Crippen LogP contribution in [0.15, 0.2) is 12.3 Å². The molecular weight excluding hydrogens is 246 g/mol. The second-order valence-corrected chi connectivity index (χ2v) is 5.10. The van der Waals surface area contributed by atoms with E-state index in [-0.39, 0.29) is 0 Å². The lowest BCUT2D eigenvalue weighted by Gasteiger charge is -2.16. The fourth-order valence-corrected chi connectivity index (χ4v) is 2.82. The van der Waals surface area contributed by atoms with Crippen molar-refractivity contribution in [2.24, 2.45) is 7.05 Å². The van der Waals surface area contributed by atoms with Gasteiger partial charge in [0.1, 0.15) is 0 Å².